The lowest BCUT2D eigenvalue weighted by Crippen LogP contribution is -2.02. The Hall–Kier alpha value is -1.81. The van der Waals surface area contributed by atoms with Gasteiger partial charge in [-0.05, 0) is 31.5 Å². The van der Waals surface area contributed by atoms with Crippen molar-refractivity contribution in [1.82, 2.24) is 9.97 Å². The Morgan fingerprint density at radius 2 is 2.16 bits per heavy atom. The number of ether oxygens (including phenoxy) is 1. The maximum atomic E-state index is 5.83. The van der Waals surface area contributed by atoms with Crippen LogP contribution in [0.4, 0.5) is 11.5 Å². The van der Waals surface area contributed by atoms with Crippen LogP contribution in [0.5, 0.6) is 5.88 Å². The number of aromatic nitrogens is 2. The number of benzene rings is 1. The Kier molecular flexibility index (Phi) is 4.58. The molecule has 5 heteroatoms. The Morgan fingerprint density at radius 1 is 1.32 bits per heavy atom. The van der Waals surface area contributed by atoms with E-state index in [1.165, 1.54) is 6.33 Å². The summed E-state index contributed by atoms with van der Waals surface area (Å²) in [7, 11) is 0. The van der Waals surface area contributed by atoms with Crippen LogP contribution in [-0.2, 0) is 5.88 Å². The van der Waals surface area contributed by atoms with E-state index >= 15 is 0 Å². The number of nitrogens with one attached hydrogen (secondary N) is 1. The minimum Gasteiger partial charge on any atom is -0.478 e. The molecular formula is C14H16ClN3O. The van der Waals surface area contributed by atoms with Gasteiger partial charge in [0, 0.05) is 11.6 Å². The Balaban J connectivity index is 2.25. The van der Waals surface area contributed by atoms with Gasteiger partial charge in [-0.15, -0.1) is 11.6 Å². The Bertz CT molecular complexity index is 560. The van der Waals surface area contributed by atoms with E-state index in [2.05, 4.69) is 15.3 Å². The minimum atomic E-state index is 0.489. The summed E-state index contributed by atoms with van der Waals surface area (Å²) in [5.41, 5.74) is 2.89. The van der Waals surface area contributed by atoms with Crippen LogP contribution >= 0.6 is 11.6 Å². The third-order valence-corrected chi connectivity index (χ3v) is 2.97. The lowest BCUT2D eigenvalue weighted by molar-refractivity contribution is 0.324. The number of alkyl halides is 1. The minimum absolute atomic E-state index is 0.489. The molecule has 0 atom stereocenters. The van der Waals surface area contributed by atoms with Gasteiger partial charge in [0.15, 0.2) is 0 Å². The van der Waals surface area contributed by atoms with Gasteiger partial charge in [0.2, 0.25) is 5.88 Å². The third-order valence-electron chi connectivity index (χ3n) is 2.66. The highest BCUT2D eigenvalue weighted by Gasteiger charge is 2.08. The summed E-state index contributed by atoms with van der Waals surface area (Å²) >= 11 is 5.83. The molecule has 0 radical (unpaired) electrons. The predicted molar refractivity (Wildman–Crippen MR) is 77.2 cm³/mol. The number of hydrogen-bond donors (Lipinski definition) is 1. The van der Waals surface area contributed by atoms with Crippen LogP contribution < -0.4 is 10.1 Å². The Morgan fingerprint density at radius 3 is 2.89 bits per heavy atom. The summed E-state index contributed by atoms with van der Waals surface area (Å²) in [6, 6.07) is 7.91. The topological polar surface area (TPSA) is 47.0 Å². The van der Waals surface area contributed by atoms with Crippen LogP contribution in [-0.4, -0.2) is 16.6 Å². The summed E-state index contributed by atoms with van der Waals surface area (Å²) in [6.07, 6.45) is 1.49. The second-order valence-electron chi connectivity index (χ2n) is 4.04. The molecule has 1 heterocycles. The number of rotatable bonds is 5. The highest BCUT2D eigenvalue weighted by molar-refractivity contribution is 6.17. The van der Waals surface area contributed by atoms with E-state index in [1.54, 1.807) is 0 Å². The van der Waals surface area contributed by atoms with Crippen LogP contribution in [0.3, 0.4) is 0 Å². The first-order valence-corrected chi connectivity index (χ1v) is 6.64. The molecule has 0 spiro atoms. The maximum Gasteiger partial charge on any atom is 0.221 e. The van der Waals surface area contributed by atoms with Crippen molar-refractivity contribution in [3.8, 4) is 5.88 Å². The van der Waals surface area contributed by atoms with Crippen molar-refractivity contribution in [3.05, 3.63) is 41.7 Å². The molecular weight excluding hydrogens is 262 g/mol. The average molecular weight is 278 g/mol. The molecule has 0 aliphatic heterocycles. The van der Waals surface area contributed by atoms with Gasteiger partial charge in [-0.3, -0.25) is 0 Å². The van der Waals surface area contributed by atoms with Gasteiger partial charge in [-0.25, -0.2) is 9.97 Å². The molecule has 1 aromatic heterocycles. The second-order valence-corrected chi connectivity index (χ2v) is 4.31. The molecule has 0 unspecified atom stereocenters. The van der Waals surface area contributed by atoms with Crippen LogP contribution in [0.15, 0.2) is 30.6 Å². The lowest BCUT2D eigenvalue weighted by Gasteiger charge is -2.11. The largest absolute Gasteiger partial charge is 0.478 e. The smallest absolute Gasteiger partial charge is 0.221 e. The molecule has 2 aromatic rings. The van der Waals surface area contributed by atoms with Crippen molar-refractivity contribution >= 4 is 23.1 Å². The Labute approximate surface area is 117 Å². The number of hydrogen-bond acceptors (Lipinski definition) is 4. The van der Waals surface area contributed by atoms with E-state index in [-0.39, 0.29) is 0 Å². The van der Waals surface area contributed by atoms with Gasteiger partial charge >= 0.3 is 0 Å². The van der Waals surface area contributed by atoms with Crippen molar-refractivity contribution in [3.63, 3.8) is 0 Å². The molecule has 0 bridgehead atoms. The number of anilines is 2. The van der Waals surface area contributed by atoms with Crippen molar-refractivity contribution in [2.24, 2.45) is 0 Å². The molecule has 1 N–H and O–H groups in total. The fourth-order valence-corrected chi connectivity index (χ4v) is 1.88. The van der Waals surface area contributed by atoms with E-state index in [0.717, 1.165) is 22.6 Å². The molecule has 0 aliphatic rings. The zero-order valence-electron chi connectivity index (χ0n) is 11.0. The molecule has 0 saturated carbocycles. The highest BCUT2D eigenvalue weighted by Crippen LogP contribution is 2.24. The lowest BCUT2D eigenvalue weighted by atomic mass is 10.2. The first-order chi connectivity index (χ1) is 9.24. The monoisotopic (exact) mass is 277 g/mol. The van der Waals surface area contributed by atoms with Gasteiger partial charge < -0.3 is 10.1 Å². The van der Waals surface area contributed by atoms with Crippen molar-refractivity contribution in [2.45, 2.75) is 19.7 Å². The summed E-state index contributed by atoms with van der Waals surface area (Å²) in [5.74, 6) is 1.83. The van der Waals surface area contributed by atoms with Crippen LogP contribution in [0.1, 0.15) is 18.1 Å². The van der Waals surface area contributed by atoms with Gasteiger partial charge in [0.05, 0.1) is 12.2 Å². The van der Waals surface area contributed by atoms with Gasteiger partial charge in [0.1, 0.15) is 12.1 Å². The first kappa shape index (κ1) is 13.6. The second kappa shape index (κ2) is 6.38. The van der Waals surface area contributed by atoms with Crippen molar-refractivity contribution in [1.29, 1.82) is 0 Å². The van der Waals surface area contributed by atoms with E-state index in [9.17, 15) is 0 Å². The van der Waals surface area contributed by atoms with E-state index in [0.29, 0.717) is 18.4 Å². The maximum absolute atomic E-state index is 5.83. The summed E-state index contributed by atoms with van der Waals surface area (Å²) in [5, 5.41) is 3.26. The standard InChI is InChI=1S/C14H16ClN3O/c1-3-19-14-10(2)13(16-9-17-14)18-12-6-4-5-11(7-12)8-15/h4-7,9H,3,8H2,1-2H3,(H,16,17,18). The number of nitrogens with zero attached hydrogens (tertiary/aromatic N) is 2. The molecule has 0 amide bonds. The van der Waals surface area contributed by atoms with Crippen LogP contribution in [0.25, 0.3) is 0 Å². The van der Waals surface area contributed by atoms with Gasteiger partial charge in [-0.1, -0.05) is 12.1 Å². The molecule has 0 fully saturated rings. The molecule has 100 valence electrons. The summed E-state index contributed by atoms with van der Waals surface area (Å²) in [4.78, 5) is 8.35. The third kappa shape index (κ3) is 3.35. The SMILES string of the molecule is CCOc1ncnc(Nc2cccc(CCl)c2)c1C. The summed E-state index contributed by atoms with van der Waals surface area (Å²) in [6.45, 7) is 4.44. The fraction of sp³-hybridized carbons (Fsp3) is 0.286. The highest BCUT2D eigenvalue weighted by atomic mass is 35.5. The molecule has 19 heavy (non-hydrogen) atoms. The molecule has 0 saturated heterocycles. The van der Waals surface area contributed by atoms with Crippen LogP contribution in [0.2, 0.25) is 0 Å². The van der Waals surface area contributed by atoms with Gasteiger partial charge in [-0.2, -0.15) is 0 Å². The first-order valence-electron chi connectivity index (χ1n) is 6.11. The predicted octanol–water partition coefficient (Wildman–Crippen LogP) is 3.67. The normalized spacial score (nSPS) is 10.3. The molecule has 0 aliphatic carbocycles. The fourth-order valence-electron chi connectivity index (χ4n) is 1.71. The summed E-state index contributed by atoms with van der Waals surface area (Å²) < 4.78 is 5.45. The molecule has 4 nitrogen and oxygen atoms in total. The zero-order valence-corrected chi connectivity index (χ0v) is 11.7. The van der Waals surface area contributed by atoms with E-state index in [4.69, 9.17) is 16.3 Å². The van der Waals surface area contributed by atoms with Crippen molar-refractivity contribution in [2.75, 3.05) is 11.9 Å². The number of halogens is 1. The van der Waals surface area contributed by atoms with E-state index in [1.807, 2.05) is 38.1 Å². The van der Waals surface area contributed by atoms with E-state index < -0.39 is 0 Å². The van der Waals surface area contributed by atoms with Gasteiger partial charge in [0.25, 0.3) is 0 Å². The van der Waals surface area contributed by atoms with Crippen molar-refractivity contribution < 1.29 is 4.74 Å². The quantitative estimate of drug-likeness (QED) is 0.847. The molecule has 1 aromatic carbocycles. The average Bonchev–Trinajstić information content (AvgIpc) is 2.44. The van der Waals surface area contributed by atoms with Crippen LogP contribution in [0, 0.1) is 6.92 Å². The zero-order chi connectivity index (χ0) is 13.7. The molecule has 2 rings (SSSR count).